The third-order valence-corrected chi connectivity index (χ3v) is 2.14. The number of H-pyrrole nitrogens is 1. The lowest BCUT2D eigenvalue weighted by molar-refractivity contribution is 0.157. The van der Waals surface area contributed by atoms with E-state index in [1.165, 1.54) is 0 Å². The molecule has 2 N–H and O–H groups in total. The van der Waals surface area contributed by atoms with Gasteiger partial charge < -0.3 is 10.1 Å². The first-order valence-electron chi connectivity index (χ1n) is 3.98. The molecule has 0 radical (unpaired) electrons. The van der Waals surface area contributed by atoms with Crippen LogP contribution in [0.3, 0.4) is 0 Å². The van der Waals surface area contributed by atoms with Gasteiger partial charge in [0.15, 0.2) is 0 Å². The third-order valence-electron chi connectivity index (χ3n) is 2.14. The van der Waals surface area contributed by atoms with E-state index in [4.69, 9.17) is 0 Å². The molecule has 0 saturated carbocycles. The molecule has 1 aromatic heterocycles. The maximum Gasteiger partial charge on any atom is 0.103 e. The summed E-state index contributed by atoms with van der Waals surface area (Å²) >= 11 is 0. The summed E-state index contributed by atoms with van der Waals surface area (Å²) in [6, 6.07) is 0. The van der Waals surface area contributed by atoms with Gasteiger partial charge in [-0.2, -0.15) is 0 Å². The Bertz CT molecular complexity index is 267. The maximum atomic E-state index is 9.32. The maximum absolute atomic E-state index is 9.32. The number of aromatic nitrogens is 2. The van der Waals surface area contributed by atoms with Crippen molar-refractivity contribution in [2.45, 2.75) is 32.3 Å². The number of aliphatic hydroxyl groups is 1. The summed E-state index contributed by atoms with van der Waals surface area (Å²) < 4.78 is 0. The second kappa shape index (κ2) is 2.34. The van der Waals surface area contributed by atoms with Crippen molar-refractivity contribution in [2.24, 2.45) is 0 Å². The van der Waals surface area contributed by atoms with Gasteiger partial charge in [-0.25, -0.2) is 4.98 Å². The number of aliphatic hydroxyl groups excluding tert-OH is 1. The molecule has 0 fully saturated rings. The number of fused-ring (bicyclic) bond motifs is 1. The van der Waals surface area contributed by atoms with Crippen LogP contribution in [-0.4, -0.2) is 21.2 Å². The lowest BCUT2D eigenvalue weighted by Gasteiger charge is -2.14. The van der Waals surface area contributed by atoms with E-state index in [-0.39, 0.29) is 6.10 Å². The Morgan fingerprint density at radius 1 is 1.64 bits per heavy atom. The predicted octanol–water partition coefficient (Wildman–Crippen LogP) is 0.568. The van der Waals surface area contributed by atoms with Crippen LogP contribution in [0.1, 0.15) is 23.6 Å². The molecule has 3 heteroatoms. The quantitative estimate of drug-likeness (QED) is 0.571. The van der Waals surface area contributed by atoms with Gasteiger partial charge in [0, 0.05) is 12.1 Å². The number of nitrogens with zero attached hydrogens (tertiary/aromatic N) is 1. The predicted molar refractivity (Wildman–Crippen MR) is 41.4 cm³/mol. The van der Waals surface area contributed by atoms with E-state index in [2.05, 4.69) is 9.97 Å². The van der Waals surface area contributed by atoms with E-state index < -0.39 is 0 Å². The minimum Gasteiger partial charge on any atom is -0.393 e. The summed E-state index contributed by atoms with van der Waals surface area (Å²) in [6.07, 6.45) is 2.36. The van der Waals surface area contributed by atoms with Gasteiger partial charge in [0.05, 0.1) is 11.8 Å². The average Bonchev–Trinajstić information content (AvgIpc) is 2.27. The minimum atomic E-state index is -0.164. The molecule has 0 amide bonds. The first kappa shape index (κ1) is 6.85. The molecule has 0 spiro atoms. The number of hydrogen-bond acceptors (Lipinski definition) is 2. The smallest absolute Gasteiger partial charge is 0.103 e. The van der Waals surface area contributed by atoms with Crippen molar-refractivity contribution in [3.63, 3.8) is 0 Å². The Labute approximate surface area is 65.5 Å². The Morgan fingerprint density at radius 2 is 2.45 bits per heavy atom. The lowest BCUT2D eigenvalue weighted by Crippen LogP contribution is -2.18. The number of aromatic amines is 1. The number of rotatable bonds is 0. The van der Waals surface area contributed by atoms with Crippen LogP contribution in [0.5, 0.6) is 0 Å². The number of hydrogen-bond donors (Lipinski definition) is 2. The molecule has 0 bridgehead atoms. The number of aryl methyl sites for hydroxylation is 2. The van der Waals surface area contributed by atoms with Gasteiger partial charge in [0.2, 0.25) is 0 Å². The summed E-state index contributed by atoms with van der Waals surface area (Å²) in [6.45, 7) is 1.95. The third kappa shape index (κ3) is 1.16. The molecule has 60 valence electrons. The van der Waals surface area contributed by atoms with Crippen LogP contribution in [0.25, 0.3) is 0 Å². The molecule has 0 unspecified atom stereocenters. The molecule has 1 aliphatic rings. The molecule has 0 aromatic carbocycles. The highest BCUT2D eigenvalue weighted by atomic mass is 16.3. The number of imidazole rings is 1. The van der Waals surface area contributed by atoms with Gasteiger partial charge >= 0.3 is 0 Å². The van der Waals surface area contributed by atoms with Crippen LogP contribution in [0.15, 0.2) is 0 Å². The Kier molecular flexibility index (Phi) is 1.46. The zero-order valence-electron chi connectivity index (χ0n) is 6.59. The molecule has 11 heavy (non-hydrogen) atoms. The van der Waals surface area contributed by atoms with Crippen LogP contribution in [0.2, 0.25) is 0 Å². The highest BCUT2D eigenvalue weighted by molar-refractivity contribution is 5.18. The highest BCUT2D eigenvalue weighted by Crippen LogP contribution is 2.18. The van der Waals surface area contributed by atoms with Crippen molar-refractivity contribution >= 4 is 0 Å². The fourth-order valence-corrected chi connectivity index (χ4v) is 1.61. The molecule has 3 nitrogen and oxygen atoms in total. The van der Waals surface area contributed by atoms with Crippen molar-refractivity contribution in [2.75, 3.05) is 0 Å². The zero-order chi connectivity index (χ0) is 7.84. The van der Waals surface area contributed by atoms with E-state index in [1.807, 2.05) is 6.92 Å². The monoisotopic (exact) mass is 152 g/mol. The zero-order valence-corrected chi connectivity index (χ0v) is 6.59. The molecule has 2 rings (SSSR count). The molecular formula is C8H12N2O. The van der Waals surface area contributed by atoms with Crippen molar-refractivity contribution in [1.82, 2.24) is 9.97 Å². The van der Waals surface area contributed by atoms with Crippen LogP contribution >= 0.6 is 0 Å². The summed E-state index contributed by atoms with van der Waals surface area (Å²) in [5.74, 6) is 0.962. The van der Waals surface area contributed by atoms with Crippen LogP contribution in [-0.2, 0) is 12.8 Å². The van der Waals surface area contributed by atoms with E-state index in [1.54, 1.807) is 0 Å². The molecule has 0 saturated heterocycles. The lowest BCUT2D eigenvalue weighted by atomic mass is 9.99. The van der Waals surface area contributed by atoms with Crippen LogP contribution < -0.4 is 0 Å². The molecule has 0 aliphatic heterocycles. The van der Waals surface area contributed by atoms with Gasteiger partial charge in [-0.1, -0.05) is 0 Å². The van der Waals surface area contributed by atoms with Gasteiger partial charge in [0.25, 0.3) is 0 Å². The minimum absolute atomic E-state index is 0.164. The second-order valence-electron chi connectivity index (χ2n) is 3.14. The first-order chi connectivity index (χ1) is 5.25. The van der Waals surface area contributed by atoms with Crippen molar-refractivity contribution in [3.05, 3.63) is 17.2 Å². The standard InChI is InChI=1S/C8H12N2O/c1-5-9-7-3-2-6(11)4-8(7)10-5/h6,11H,2-4H2,1H3,(H,9,10)/t6-/m0/s1. The Hall–Kier alpha value is -0.830. The highest BCUT2D eigenvalue weighted by Gasteiger charge is 2.18. The average molecular weight is 152 g/mol. The summed E-state index contributed by atoms with van der Waals surface area (Å²) in [4.78, 5) is 7.47. The van der Waals surface area contributed by atoms with Crippen molar-refractivity contribution in [1.29, 1.82) is 0 Å². The summed E-state index contributed by atoms with van der Waals surface area (Å²) in [5.41, 5.74) is 2.27. The van der Waals surface area contributed by atoms with Gasteiger partial charge in [0.1, 0.15) is 5.82 Å². The molecule has 1 heterocycles. The largest absolute Gasteiger partial charge is 0.393 e. The fraction of sp³-hybridized carbons (Fsp3) is 0.625. The van der Waals surface area contributed by atoms with Gasteiger partial charge in [-0.05, 0) is 19.8 Å². The Morgan fingerprint density at radius 3 is 3.27 bits per heavy atom. The number of nitrogens with one attached hydrogen (secondary N) is 1. The van der Waals surface area contributed by atoms with E-state index in [9.17, 15) is 5.11 Å². The fourth-order valence-electron chi connectivity index (χ4n) is 1.61. The van der Waals surface area contributed by atoms with Crippen molar-refractivity contribution in [3.8, 4) is 0 Å². The molecule has 1 atom stereocenters. The SMILES string of the molecule is Cc1nc2c([nH]1)C[C@@H](O)CC2. The van der Waals surface area contributed by atoms with Crippen molar-refractivity contribution < 1.29 is 5.11 Å². The second-order valence-corrected chi connectivity index (χ2v) is 3.14. The molecule has 1 aliphatic carbocycles. The van der Waals surface area contributed by atoms with E-state index in [0.29, 0.717) is 0 Å². The topological polar surface area (TPSA) is 48.9 Å². The van der Waals surface area contributed by atoms with E-state index >= 15 is 0 Å². The molecule has 1 aromatic rings. The first-order valence-corrected chi connectivity index (χ1v) is 3.98. The van der Waals surface area contributed by atoms with Gasteiger partial charge in [-0.3, -0.25) is 0 Å². The van der Waals surface area contributed by atoms with Crippen LogP contribution in [0, 0.1) is 6.92 Å². The Balaban J connectivity index is 2.34. The van der Waals surface area contributed by atoms with E-state index in [0.717, 1.165) is 36.5 Å². The van der Waals surface area contributed by atoms with Crippen LogP contribution in [0.4, 0.5) is 0 Å². The normalized spacial score (nSPS) is 23.3. The summed E-state index contributed by atoms with van der Waals surface area (Å²) in [5, 5.41) is 9.32. The molecular weight excluding hydrogens is 140 g/mol. The van der Waals surface area contributed by atoms with Gasteiger partial charge in [-0.15, -0.1) is 0 Å². The summed E-state index contributed by atoms with van der Waals surface area (Å²) in [7, 11) is 0.